The van der Waals surface area contributed by atoms with E-state index < -0.39 is 0 Å². The molecule has 2 aliphatic rings. The second-order valence-corrected chi connectivity index (χ2v) is 9.34. The van der Waals surface area contributed by atoms with Crippen molar-refractivity contribution in [3.05, 3.63) is 58.9 Å². The van der Waals surface area contributed by atoms with Gasteiger partial charge >= 0.3 is 0 Å². The first-order valence-corrected chi connectivity index (χ1v) is 11.5. The molecule has 1 unspecified atom stereocenters. The van der Waals surface area contributed by atoms with Gasteiger partial charge in [-0.25, -0.2) is 4.98 Å². The van der Waals surface area contributed by atoms with Gasteiger partial charge in [0.05, 0.1) is 5.69 Å². The van der Waals surface area contributed by atoms with Gasteiger partial charge in [0.1, 0.15) is 4.88 Å². The Kier molecular flexibility index (Phi) is 4.97. The molecule has 1 aromatic carbocycles. The van der Waals surface area contributed by atoms with Gasteiger partial charge in [-0.2, -0.15) is 11.8 Å². The van der Waals surface area contributed by atoms with Gasteiger partial charge in [-0.3, -0.25) is 4.79 Å². The van der Waals surface area contributed by atoms with Crippen LogP contribution in [-0.2, 0) is 0 Å². The van der Waals surface area contributed by atoms with Crippen LogP contribution in [0.15, 0.2) is 42.7 Å². The molecule has 0 saturated carbocycles. The van der Waals surface area contributed by atoms with E-state index in [1.54, 1.807) is 0 Å². The molecule has 2 aromatic heterocycles. The standard InChI is InChI=1S/C21H21N3O3S2/c1-14-19(29-21(22-14)24-7-2-3-8-24)20(25)23-9-6-18(28-11-10-23)15-4-5-16-17(12-15)27-13-26-16/h2-5,7-8,12,18H,6,9-11,13H2,1H3. The van der Waals surface area contributed by atoms with Gasteiger partial charge in [0, 0.05) is 36.5 Å². The molecule has 150 valence electrons. The number of fused-ring (bicyclic) bond motifs is 1. The molecule has 1 amide bonds. The van der Waals surface area contributed by atoms with Crippen LogP contribution >= 0.6 is 23.1 Å². The fraction of sp³-hybridized carbons (Fsp3) is 0.333. The van der Waals surface area contributed by atoms with E-state index in [2.05, 4.69) is 17.1 Å². The predicted molar refractivity (Wildman–Crippen MR) is 114 cm³/mol. The van der Waals surface area contributed by atoms with Crippen molar-refractivity contribution in [1.29, 1.82) is 0 Å². The highest BCUT2D eigenvalue weighted by atomic mass is 32.2. The SMILES string of the molecule is Cc1nc(-n2cccc2)sc1C(=O)N1CCSC(c2ccc3c(c2)OCO3)CC1. The number of rotatable bonds is 3. The molecule has 5 rings (SSSR count). The van der Waals surface area contributed by atoms with Crippen molar-refractivity contribution in [3.63, 3.8) is 0 Å². The molecular weight excluding hydrogens is 406 g/mol. The maximum absolute atomic E-state index is 13.2. The molecule has 2 aliphatic heterocycles. The molecule has 4 heterocycles. The highest BCUT2D eigenvalue weighted by molar-refractivity contribution is 7.99. The van der Waals surface area contributed by atoms with Gasteiger partial charge < -0.3 is 18.9 Å². The van der Waals surface area contributed by atoms with Crippen molar-refractivity contribution in [2.45, 2.75) is 18.6 Å². The zero-order valence-corrected chi connectivity index (χ0v) is 17.7. The first-order valence-electron chi connectivity index (χ1n) is 9.60. The van der Waals surface area contributed by atoms with E-state index in [1.165, 1.54) is 16.9 Å². The lowest BCUT2D eigenvalue weighted by Gasteiger charge is -2.19. The quantitative estimate of drug-likeness (QED) is 0.624. The zero-order valence-electron chi connectivity index (χ0n) is 16.0. The van der Waals surface area contributed by atoms with Crippen LogP contribution in [0.4, 0.5) is 0 Å². The second kappa shape index (κ2) is 7.76. The van der Waals surface area contributed by atoms with Crippen LogP contribution < -0.4 is 9.47 Å². The molecule has 1 saturated heterocycles. The maximum Gasteiger partial charge on any atom is 0.265 e. The highest BCUT2D eigenvalue weighted by Gasteiger charge is 2.27. The van der Waals surface area contributed by atoms with Crippen LogP contribution in [0.1, 0.15) is 32.6 Å². The number of aromatic nitrogens is 2. The number of carbonyl (C=O) groups is 1. The first kappa shape index (κ1) is 18.6. The average molecular weight is 428 g/mol. The third-order valence-electron chi connectivity index (χ3n) is 5.20. The molecular formula is C21H21N3O3S2. The minimum atomic E-state index is 0.0883. The van der Waals surface area contributed by atoms with Crippen LogP contribution in [0.3, 0.4) is 0 Å². The molecule has 0 spiro atoms. The van der Waals surface area contributed by atoms with Crippen molar-refractivity contribution in [2.75, 3.05) is 25.6 Å². The predicted octanol–water partition coefficient (Wildman–Crippen LogP) is 4.29. The van der Waals surface area contributed by atoms with Crippen LogP contribution in [0.2, 0.25) is 0 Å². The minimum absolute atomic E-state index is 0.0883. The Morgan fingerprint density at radius 3 is 2.86 bits per heavy atom. The molecule has 1 fully saturated rings. The molecule has 0 radical (unpaired) electrons. The molecule has 0 N–H and O–H groups in total. The molecule has 0 aliphatic carbocycles. The molecule has 29 heavy (non-hydrogen) atoms. The summed E-state index contributed by atoms with van der Waals surface area (Å²) in [5.74, 6) is 2.62. The Balaban J connectivity index is 1.30. The van der Waals surface area contributed by atoms with Crippen molar-refractivity contribution in [1.82, 2.24) is 14.5 Å². The Morgan fingerprint density at radius 2 is 2.00 bits per heavy atom. The maximum atomic E-state index is 13.2. The van der Waals surface area contributed by atoms with E-state index in [9.17, 15) is 4.79 Å². The highest BCUT2D eigenvalue weighted by Crippen LogP contribution is 2.40. The molecule has 0 bridgehead atoms. The monoisotopic (exact) mass is 427 g/mol. The number of amides is 1. The summed E-state index contributed by atoms with van der Waals surface area (Å²) in [5, 5.41) is 1.18. The number of nitrogens with zero attached hydrogens (tertiary/aromatic N) is 3. The van der Waals surface area contributed by atoms with Gasteiger partial charge in [0.2, 0.25) is 6.79 Å². The third-order valence-corrected chi connectivity index (χ3v) is 7.69. The number of aryl methyl sites for hydroxylation is 1. The van der Waals surface area contributed by atoms with Gasteiger partial charge in [-0.1, -0.05) is 17.4 Å². The minimum Gasteiger partial charge on any atom is -0.454 e. The van der Waals surface area contributed by atoms with E-state index in [-0.39, 0.29) is 12.7 Å². The summed E-state index contributed by atoms with van der Waals surface area (Å²) in [5.41, 5.74) is 2.03. The Bertz CT molecular complexity index is 1030. The lowest BCUT2D eigenvalue weighted by atomic mass is 10.1. The molecule has 3 aromatic rings. The van der Waals surface area contributed by atoms with Gasteiger partial charge in [0.25, 0.3) is 5.91 Å². The van der Waals surface area contributed by atoms with Crippen molar-refractivity contribution in [3.8, 4) is 16.6 Å². The fourth-order valence-electron chi connectivity index (χ4n) is 3.65. The fourth-order valence-corrected chi connectivity index (χ4v) is 5.87. The van der Waals surface area contributed by atoms with Crippen LogP contribution in [0.5, 0.6) is 11.5 Å². The summed E-state index contributed by atoms with van der Waals surface area (Å²) in [7, 11) is 0. The Hall–Kier alpha value is -2.45. The van der Waals surface area contributed by atoms with E-state index in [1.807, 2.05) is 58.7 Å². The largest absolute Gasteiger partial charge is 0.454 e. The summed E-state index contributed by atoms with van der Waals surface area (Å²) in [6.07, 6.45) is 4.81. The number of ether oxygens (including phenoxy) is 2. The first-order chi connectivity index (χ1) is 14.2. The summed E-state index contributed by atoms with van der Waals surface area (Å²) >= 11 is 3.36. The number of hydrogen-bond donors (Lipinski definition) is 0. The lowest BCUT2D eigenvalue weighted by Crippen LogP contribution is -2.32. The van der Waals surface area contributed by atoms with E-state index in [0.29, 0.717) is 5.25 Å². The van der Waals surface area contributed by atoms with Crippen LogP contribution in [0, 0.1) is 6.92 Å². The van der Waals surface area contributed by atoms with Gasteiger partial charge in [0.15, 0.2) is 16.6 Å². The number of thiazole rings is 1. The lowest BCUT2D eigenvalue weighted by molar-refractivity contribution is 0.0770. The third kappa shape index (κ3) is 3.62. The molecule has 6 nitrogen and oxygen atoms in total. The summed E-state index contributed by atoms with van der Waals surface area (Å²) in [6.45, 7) is 3.69. The second-order valence-electron chi connectivity index (χ2n) is 7.05. The molecule has 1 atom stereocenters. The number of hydrogen-bond acceptors (Lipinski definition) is 6. The average Bonchev–Trinajstić information content (AvgIpc) is 3.45. The number of carbonyl (C=O) groups excluding carboxylic acids is 1. The van der Waals surface area contributed by atoms with Gasteiger partial charge in [-0.05, 0) is 43.2 Å². The topological polar surface area (TPSA) is 56.6 Å². The van der Waals surface area contributed by atoms with E-state index >= 15 is 0 Å². The summed E-state index contributed by atoms with van der Waals surface area (Å²) in [6, 6.07) is 10.1. The normalized spacial score (nSPS) is 18.7. The van der Waals surface area contributed by atoms with Gasteiger partial charge in [-0.15, -0.1) is 0 Å². The van der Waals surface area contributed by atoms with Crippen molar-refractivity contribution >= 4 is 29.0 Å². The van der Waals surface area contributed by atoms with E-state index in [4.69, 9.17) is 9.47 Å². The number of thioether (sulfide) groups is 1. The van der Waals surface area contributed by atoms with Crippen LogP contribution in [-0.4, -0.2) is 46.0 Å². The smallest absolute Gasteiger partial charge is 0.265 e. The zero-order chi connectivity index (χ0) is 19.8. The summed E-state index contributed by atoms with van der Waals surface area (Å²) in [4.78, 5) is 20.5. The Labute approximate surface area is 177 Å². The van der Waals surface area contributed by atoms with Crippen molar-refractivity contribution < 1.29 is 14.3 Å². The molecule has 8 heteroatoms. The van der Waals surface area contributed by atoms with Crippen LogP contribution in [0.25, 0.3) is 5.13 Å². The Morgan fingerprint density at radius 1 is 1.17 bits per heavy atom. The van der Waals surface area contributed by atoms with Crippen molar-refractivity contribution in [2.24, 2.45) is 0 Å². The van der Waals surface area contributed by atoms with E-state index in [0.717, 1.165) is 52.5 Å². The summed E-state index contributed by atoms with van der Waals surface area (Å²) < 4.78 is 12.9. The number of benzene rings is 1.